The molecule has 1 N–H and O–H groups in total. The molecule has 1 atom stereocenters. The van der Waals surface area contributed by atoms with Gasteiger partial charge in [-0.15, -0.1) is 0 Å². The van der Waals surface area contributed by atoms with Crippen LogP contribution in [0.25, 0.3) is 11.5 Å². The van der Waals surface area contributed by atoms with Crippen LogP contribution in [-0.4, -0.2) is 46.5 Å². The van der Waals surface area contributed by atoms with Gasteiger partial charge in [-0.3, -0.25) is 0 Å². The van der Waals surface area contributed by atoms with E-state index in [9.17, 15) is 4.79 Å². The van der Waals surface area contributed by atoms with Gasteiger partial charge in [0.15, 0.2) is 0 Å². The number of benzene rings is 3. The van der Waals surface area contributed by atoms with Gasteiger partial charge >= 0.3 is 6.03 Å². The molecule has 0 bridgehead atoms. The van der Waals surface area contributed by atoms with Gasteiger partial charge < -0.3 is 24.4 Å². The maximum Gasteiger partial charge on any atom is 0.318 e. The lowest BCUT2D eigenvalue weighted by atomic mass is 10.0. The SMILES string of the molecule is COc1cccc(CNC(=O)N2Cc3c(C)nn(-c4ccccc4)c3-n3cccc3C2c2ccc(N(C)C)cc2)c1. The summed E-state index contributed by atoms with van der Waals surface area (Å²) in [4.78, 5) is 18.1. The lowest BCUT2D eigenvalue weighted by Crippen LogP contribution is -2.41. The second-order valence-corrected chi connectivity index (χ2v) is 10.5. The molecule has 5 aromatic rings. The minimum Gasteiger partial charge on any atom is -0.497 e. The Hall–Kier alpha value is -4.98. The van der Waals surface area contributed by atoms with Crippen molar-refractivity contribution in [2.45, 2.75) is 26.1 Å². The molecule has 3 aromatic carbocycles. The zero-order valence-corrected chi connectivity index (χ0v) is 23.8. The van der Waals surface area contributed by atoms with Crippen molar-refractivity contribution in [1.82, 2.24) is 24.6 Å². The Balaban J connectivity index is 1.45. The number of nitrogens with one attached hydrogen (secondary N) is 1. The fraction of sp³-hybridized carbons (Fsp3) is 0.212. The first-order valence-corrected chi connectivity index (χ1v) is 13.7. The summed E-state index contributed by atoms with van der Waals surface area (Å²) in [6.07, 6.45) is 2.06. The van der Waals surface area contributed by atoms with Crippen LogP contribution in [0.15, 0.2) is 97.2 Å². The highest BCUT2D eigenvalue weighted by Crippen LogP contribution is 2.38. The van der Waals surface area contributed by atoms with Crippen molar-refractivity contribution in [2.24, 2.45) is 0 Å². The normalized spacial score (nSPS) is 14.1. The van der Waals surface area contributed by atoms with E-state index in [1.54, 1.807) is 7.11 Å². The molecule has 2 amide bonds. The number of ether oxygens (including phenoxy) is 1. The van der Waals surface area contributed by atoms with Crippen LogP contribution in [-0.2, 0) is 13.1 Å². The molecule has 1 aliphatic rings. The van der Waals surface area contributed by atoms with Crippen LogP contribution < -0.4 is 15.0 Å². The highest BCUT2D eigenvalue weighted by Gasteiger charge is 2.36. The monoisotopic (exact) mass is 546 g/mol. The van der Waals surface area contributed by atoms with Crippen molar-refractivity contribution >= 4 is 11.7 Å². The third-order valence-electron chi connectivity index (χ3n) is 7.65. The van der Waals surface area contributed by atoms with Crippen molar-refractivity contribution in [2.75, 3.05) is 26.1 Å². The van der Waals surface area contributed by atoms with Crippen LogP contribution in [0.2, 0.25) is 0 Å². The minimum absolute atomic E-state index is 0.151. The van der Waals surface area contributed by atoms with E-state index in [-0.39, 0.29) is 12.1 Å². The van der Waals surface area contributed by atoms with Crippen LogP contribution in [0.5, 0.6) is 5.75 Å². The average molecular weight is 547 g/mol. The molecule has 2 aromatic heterocycles. The Morgan fingerprint density at radius 1 is 1.00 bits per heavy atom. The van der Waals surface area contributed by atoms with Gasteiger partial charge in [-0.25, -0.2) is 9.48 Å². The van der Waals surface area contributed by atoms with E-state index < -0.39 is 0 Å². The van der Waals surface area contributed by atoms with Gasteiger partial charge in [-0.05, 0) is 66.6 Å². The molecular weight excluding hydrogens is 512 g/mol. The predicted molar refractivity (Wildman–Crippen MR) is 161 cm³/mol. The average Bonchev–Trinajstić information content (AvgIpc) is 3.56. The van der Waals surface area contributed by atoms with Crippen LogP contribution >= 0.6 is 0 Å². The van der Waals surface area contributed by atoms with Crippen molar-refractivity contribution in [3.05, 3.63) is 125 Å². The topological polar surface area (TPSA) is 67.6 Å². The van der Waals surface area contributed by atoms with Gasteiger partial charge in [0.2, 0.25) is 0 Å². The molecule has 0 saturated carbocycles. The summed E-state index contributed by atoms with van der Waals surface area (Å²) >= 11 is 0. The molecule has 208 valence electrons. The van der Waals surface area contributed by atoms with Crippen molar-refractivity contribution in [1.29, 1.82) is 0 Å². The molecule has 3 heterocycles. The quantitative estimate of drug-likeness (QED) is 0.290. The number of carbonyl (C=O) groups excluding carboxylic acids is 1. The number of nitrogens with zero attached hydrogens (tertiary/aromatic N) is 5. The highest BCUT2D eigenvalue weighted by atomic mass is 16.5. The first-order valence-electron chi connectivity index (χ1n) is 13.7. The summed E-state index contributed by atoms with van der Waals surface area (Å²) < 4.78 is 9.55. The second-order valence-electron chi connectivity index (χ2n) is 10.5. The summed E-state index contributed by atoms with van der Waals surface area (Å²) in [5, 5.41) is 8.11. The largest absolute Gasteiger partial charge is 0.497 e. The highest BCUT2D eigenvalue weighted by molar-refractivity contribution is 5.76. The number of hydrogen-bond acceptors (Lipinski definition) is 4. The lowest BCUT2D eigenvalue weighted by Gasteiger charge is -2.31. The van der Waals surface area contributed by atoms with Crippen molar-refractivity contribution in [3.8, 4) is 17.3 Å². The Labute approximate surface area is 240 Å². The number of hydrogen-bond donors (Lipinski definition) is 1. The van der Waals surface area contributed by atoms with E-state index in [1.165, 1.54) is 0 Å². The van der Waals surface area contributed by atoms with E-state index in [0.717, 1.165) is 51.0 Å². The van der Waals surface area contributed by atoms with Crippen molar-refractivity contribution < 1.29 is 9.53 Å². The molecule has 0 spiro atoms. The first-order chi connectivity index (χ1) is 19.9. The van der Waals surface area contributed by atoms with Gasteiger partial charge in [-0.2, -0.15) is 5.10 Å². The standard InChI is InChI=1S/C33H34N6O2/c1-23-29-22-38(33(40)34-21-24-10-8-13-28(20-24)41-4)31(25-15-17-26(18-16-25)36(2)3)30-14-9-19-37(30)32(29)39(35-23)27-11-6-5-7-12-27/h5-20,31H,21-22H2,1-4H3,(H,34,40). The third kappa shape index (κ3) is 4.93. The number of amides is 2. The molecule has 0 saturated heterocycles. The molecule has 8 heteroatoms. The summed E-state index contributed by atoms with van der Waals surface area (Å²) in [5.41, 5.74) is 6.97. The first kappa shape index (κ1) is 26.3. The molecule has 1 unspecified atom stereocenters. The molecule has 0 fully saturated rings. The van der Waals surface area contributed by atoms with E-state index in [2.05, 4.69) is 63.4 Å². The molecule has 0 aliphatic carbocycles. The second kappa shape index (κ2) is 10.9. The lowest BCUT2D eigenvalue weighted by molar-refractivity contribution is 0.180. The number of carbonyl (C=O) groups is 1. The minimum atomic E-state index is -0.317. The Bertz CT molecular complexity index is 1670. The fourth-order valence-electron chi connectivity index (χ4n) is 5.52. The summed E-state index contributed by atoms with van der Waals surface area (Å²) in [5.74, 6) is 1.71. The zero-order chi connectivity index (χ0) is 28.5. The Kier molecular flexibility index (Phi) is 6.97. The summed E-state index contributed by atoms with van der Waals surface area (Å²) in [7, 11) is 5.70. The smallest absolute Gasteiger partial charge is 0.318 e. The number of rotatable bonds is 6. The molecule has 41 heavy (non-hydrogen) atoms. The molecular formula is C33H34N6O2. The van der Waals surface area contributed by atoms with E-state index >= 15 is 0 Å². The molecule has 8 nitrogen and oxygen atoms in total. The predicted octanol–water partition coefficient (Wildman–Crippen LogP) is 5.86. The van der Waals surface area contributed by atoms with Crippen molar-refractivity contribution in [3.63, 3.8) is 0 Å². The Morgan fingerprint density at radius 2 is 1.78 bits per heavy atom. The molecule has 1 aliphatic heterocycles. The van der Waals surface area contributed by atoms with Gasteiger partial charge in [-0.1, -0.05) is 42.5 Å². The van der Waals surface area contributed by atoms with Gasteiger partial charge in [0, 0.05) is 38.1 Å². The van der Waals surface area contributed by atoms with E-state index in [0.29, 0.717) is 13.1 Å². The van der Waals surface area contributed by atoms with E-state index in [1.807, 2.05) is 79.1 Å². The zero-order valence-electron chi connectivity index (χ0n) is 23.8. The fourth-order valence-corrected chi connectivity index (χ4v) is 5.52. The van der Waals surface area contributed by atoms with Crippen LogP contribution in [0.4, 0.5) is 10.5 Å². The summed E-state index contributed by atoms with van der Waals surface area (Å²) in [6, 6.07) is 30.0. The molecule has 6 rings (SSSR count). The van der Waals surface area contributed by atoms with Crippen LogP contribution in [0.3, 0.4) is 0 Å². The number of aryl methyl sites for hydroxylation is 1. The van der Waals surface area contributed by atoms with Gasteiger partial charge in [0.1, 0.15) is 11.6 Å². The number of para-hydroxylation sites is 1. The van der Waals surface area contributed by atoms with Crippen LogP contribution in [0, 0.1) is 6.92 Å². The molecule has 0 radical (unpaired) electrons. The number of fused-ring (bicyclic) bond motifs is 3. The van der Waals surface area contributed by atoms with Crippen LogP contribution in [0.1, 0.15) is 34.1 Å². The number of urea groups is 1. The third-order valence-corrected chi connectivity index (χ3v) is 7.65. The number of methoxy groups -OCH3 is 1. The van der Waals surface area contributed by atoms with Gasteiger partial charge in [0.25, 0.3) is 0 Å². The maximum atomic E-state index is 14.1. The number of anilines is 1. The summed E-state index contributed by atoms with van der Waals surface area (Å²) in [6.45, 7) is 2.80. The van der Waals surface area contributed by atoms with E-state index in [4.69, 9.17) is 9.84 Å². The number of aromatic nitrogens is 3. The van der Waals surface area contributed by atoms with Gasteiger partial charge in [0.05, 0.1) is 36.8 Å². The Morgan fingerprint density at radius 3 is 2.51 bits per heavy atom. The maximum absolute atomic E-state index is 14.1.